The molecule has 2 aromatic rings. The van der Waals surface area contributed by atoms with Gasteiger partial charge in [-0.25, -0.2) is 4.68 Å². The average Bonchev–Trinajstić information content (AvgIpc) is 2.66. The fourth-order valence-corrected chi connectivity index (χ4v) is 2.83. The SMILES string of the molecule is CCCn1c(C(C)C)c(N)c(=O)n1Cc1ccccc1Cl. The van der Waals surface area contributed by atoms with E-state index in [-0.39, 0.29) is 11.5 Å². The third-order valence-corrected chi connectivity index (χ3v) is 3.94. The molecule has 0 aliphatic heterocycles. The Morgan fingerprint density at radius 2 is 1.90 bits per heavy atom. The molecule has 2 rings (SSSR count). The lowest BCUT2D eigenvalue weighted by Crippen LogP contribution is -2.25. The monoisotopic (exact) mass is 307 g/mol. The Morgan fingerprint density at radius 1 is 1.24 bits per heavy atom. The maximum absolute atomic E-state index is 12.5. The molecular weight excluding hydrogens is 286 g/mol. The van der Waals surface area contributed by atoms with Crippen LogP contribution in [-0.4, -0.2) is 9.36 Å². The van der Waals surface area contributed by atoms with Gasteiger partial charge < -0.3 is 5.73 Å². The molecule has 114 valence electrons. The van der Waals surface area contributed by atoms with Gasteiger partial charge in [-0.05, 0) is 24.0 Å². The molecule has 21 heavy (non-hydrogen) atoms. The van der Waals surface area contributed by atoms with Gasteiger partial charge in [0, 0.05) is 11.6 Å². The lowest BCUT2D eigenvalue weighted by molar-refractivity contribution is 0.443. The minimum absolute atomic E-state index is 0.132. The molecule has 0 amide bonds. The average molecular weight is 308 g/mol. The van der Waals surface area contributed by atoms with E-state index >= 15 is 0 Å². The van der Waals surface area contributed by atoms with E-state index < -0.39 is 0 Å². The number of hydrogen-bond donors (Lipinski definition) is 1. The predicted molar refractivity (Wildman–Crippen MR) is 88.0 cm³/mol. The van der Waals surface area contributed by atoms with Crippen LogP contribution in [0.25, 0.3) is 0 Å². The first kappa shape index (κ1) is 15.7. The lowest BCUT2D eigenvalue weighted by atomic mass is 10.1. The molecule has 5 heteroatoms. The second-order valence-corrected chi connectivity index (χ2v) is 5.94. The molecule has 0 spiro atoms. The fourth-order valence-electron chi connectivity index (χ4n) is 2.63. The highest BCUT2D eigenvalue weighted by Gasteiger charge is 2.20. The molecule has 0 aliphatic rings. The topological polar surface area (TPSA) is 52.9 Å². The van der Waals surface area contributed by atoms with Crippen molar-refractivity contribution in [3.63, 3.8) is 0 Å². The van der Waals surface area contributed by atoms with E-state index in [1.54, 1.807) is 4.68 Å². The van der Waals surface area contributed by atoms with Gasteiger partial charge in [0.05, 0.1) is 12.2 Å². The van der Waals surface area contributed by atoms with Crippen LogP contribution >= 0.6 is 11.6 Å². The number of nitrogen functional groups attached to an aromatic ring is 1. The standard InChI is InChI=1S/C16H22ClN3O/c1-4-9-19-15(11(2)3)14(18)16(21)20(19)10-12-7-5-6-8-13(12)17/h5-8,11H,4,9-10,18H2,1-3H3. The van der Waals surface area contributed by atoms with Gasteiger partial charge in [0.15, 0.2) is 0 Å². The van der Waals surface area contributed by atoms with E-state index in [0.717, 1.165) is 24.2 Å². The van der Waals surface area contributed by atoms with Crippen molar-refractivity contribution in [2.45, 2.75) is 46.2 Å². The molecule has 1 heterocycles. The molecule has 0 bridgehead atoms. The summed E-state index contributed by atoms with van der Waals surface area (Å²) in [4.78, 5) is 12.5. The van der Waals surface area contributed by atoms with Crippen molar-refractivity contribution in [3.05, 3.63) is 50.9 Å². The molecule has 0 saturated carbocycles. The Morgan fingerprint density at radius 3 is 2.48 bits per heavy atom. The van der Waals surface area contributed by atoms with E-state index in [0.29, 0.717) is 17.3 Å². The first-order chi connectivity index (χ1) is 9.97. The summed E-state index contributed by atoms with van der Waals surface area (Å²) in [5, 5.41) is 0.665. The van der Waals surface area contributed by atoms with Crippen LogP contribution in [0.4, 0.5) is 5.69 Å². The Bertz CT molecular complexity index is 685. The number of nitrogens with zero attached hydrogens (tertiary/aromatic N) is 2. The van der Waals surface area contributed by atoms with Crippen molar-refractivity contribution in [3.8, 4) is 0 Å². The quantitative estimate of drug-likeness (QED) is 0.919. The summed E-state index contributed by atoms with van der Waals surface area (Å²) in [7, 11) is 0. The third-order valence-electron chi connectivity index (χ3n) is 3.57. The predicted octanol–water partition coefficient (Wildman–Crippen LogP) is 3.47. The number of halogens is 1. The number of rotatable bonds is 5. The Labute approximate surface area is 130 Å². The zero-order valence-corrected chi connectivity index (χ0v) is 13.5. The normalized spacial score (nSPS) is 11.3. The summed E-state index contributed by atoms with van der Waals surface area (Å²) < 4.78 is 3.71. The summed E-state index contributed by atoms with van der Waals surface area (Å²) in [5.41, 5.74) is 8.09. The maximum Gasteiger partial charge on any atom is 0.290 e. The van der Waals surface area contributed by atoms with Crippen LogP contribution in [0.5, 0.6) is 0 Å². The van der Waals surface area contributed by atoms with E-state index in [1.165, 1.54) is 0 Å². The highest BCUT2D eigenvalue weighted by atomic mass is 35.5. The Balaban J connectivity index is 2.55. The minimum atomic E-state index is -0.132. The van der Waals surface area contributed by atoms with Crippen LogP contribution in [0, 0.1) is 0 Å². The largest absolute Gasteiger partial charge is 0.393 e. The molecule has 4 nitrogen and oxygen atoms in total. The summed E-state index contributed by atoms with van der Waals surface area (Å²) in [6.45, 7) is 7.40. The van der Waals surface area contributed by atoms with Gasteiger partial charge in [0.2, 0.25) is 0 Å². The zero-order chi connectivity index (χ0) is 15.6. The van der Waals surface area contributed by atoms with Gasteiger partial charge >= 0.3 is 0 Å². The molecule has 0 aliphatic carbocycles. The van der Waals surface area contributed by atoms with Crippen molar-refractivity contribution >= 4 is 17.3 Å². The maximum atomic E-state index is 12.5. The van der Waals surface area contributed by atoms with Gasteiger partial charge in [0.25, 0.3) is 5.56 Å². The molecule has 2 N–H and O–H groups in total. The number of aromatic nitrogens is 2. The summed E-state index contributed by atoms with van der Waals surface area (Å²) in [6.07, 6.45) is 0.940. The van der Waals surface area contributed by atoms with E-state index in [4.69, 9.17) is 17.3 Å². The van der Waals surface area contributed by atoms with Crippen LogP contribution in [-0.2, 0) is 13.1 Å². The number of benzene rings is 1. The molecule has 1 aromatic heterocycles. The number of nitrogens with two attached hydrogens (primary N) is 1. The van der Waals surface area contributed by atoms with Crippen LogP contribution in [0.1, 0.15) is 44.4 Å². The highest BCUT2D eigenvalue weighted by Crippen LogP contribution is 2.22. The number of hydrogen-bond acceptors (Lipinski definition) is 2. The number of anilines is 1. The van der Waals surface area contributed by atoms with E-state index in [9.17, 15) is 4.79 Å². The highest BCUT2D eigenvalue weighted by molar-refractivity contribution is 6.31. The van der Waals surface area contributed by atoms with Crippen molar-refractivity contribution in [2.75, 3.05) is 5.73 Å². The molecule has 0 radical (unpaired) electrons. The van der Waals surface area contributed by atoms with Crippen molar-refractivity contribution in [2.24, 2.45) is 0 Å². The molecular formula is C16H22ClN3O. The van der Waals surface area contributed by atoms with Crippen molar-refractivity contribution in [1.29, 1.82) is 0 Å². The van der Waals surface area contributed by atoms with Gasteiger partial charge in [-0.3, -0.25) is 9.48 Å². The third kappa shape index (κ3) is 3.00. The van der Waals surface area contributed by atoms with Gasteiger partial charge in [-0.1, -0.05) is 50.6 Å². The van der Waals surface area contributed by atoms with Gasteiger partial charge in [0.1, 0.15) is 5.69 Å². The first-order valence-electron chi connectivity index (χ1n) is 7.29. The second kappa shape index (κ2) is 6.39. The van der Waals surface area contributed by atoms with E-state index in [1.807, 2.05) is 28.9 Å². The Hall–Kier alpha value is -1.68. The first-order valence-corrected chi connectivity index (χ1v) is 7.67. The second-order valence-electron chi connectivity index (χ2n) is 5.53. The van der Waals surface area contributed by atoms with E-state index in [2.05, 4.69) is 20.8 Å². The molecule has 1 aromatic carbocycles. The molecule has 0 fully saturated rings. The van der Waals surface area contributed by atoms with Crippen LogP contribution < -0.4 is 11.3 Å². The van der Waals surface area contributed by atoms with Crippen LogP contribution in [0.15, 0.2) is 29.1 Å². The molecule has 0 saturated heterocycles. The van der Waals surface area contributed by atoms with Crippen LogP contribution in [0.2, 0.25) is 5.02 Å². The smallest absolute Gasteiger partial charge is 0.290 e. The zero-order valence-electron chi connectivity index (χ0n) is 12.8. The Kier molecular flexibility index (Phi) is 4.78. The van der Waals surface area contributed by atoms with Gasteiger partial charge in [-0.2, -0.15) is 0 Å². The summed E-state index contributed by atoms with van der Waals surface area (Å²) in [5.74, 6) is 0.205. The fraction of sp³-hybridized carbons (Fsp3) is 0.438. The van der Waals surface area contributed by atoms with Gasteiger partial charge in [-0.15, -0.1) is 0 Å². The summed E-state index contributed by atoms with van der Waals surface area (Å²) in [6, 6.07) is 7.57. The lowest BCUT2D eigenvalue weighted by Gasteiger charge is -2.16. The van der Waals surface area contributed by atoms with Crippen molar-refractivity contribution < 1.29 is 0 Å². The molecule has 0 unspecified atom stereocenters. The van der Waals surface area contributed by atoms with Crippen LogP contribution in [0.3, 0.4) is 0 Å². The minimum Gasteiger partial charge on any atom is -0.393 e. The molecule has 0 atom stereocenters. The van der Waals surface area contributed by atoms with Crippen molar-refractivity contribution in [1.82, 2.24) is 9.36 Å². The summed E-state index contributed by atoms with van der Waals surface area (Å²) >= 11 is 6.21.